The predicted molar refractivity (Wildman–Crippen MR) is 157 cm³/mol. The number of hydrogen-bond donors (Lipinski definition) is 0. The monoisotopic (exact) mass is 558 g/mol. The fraction of sp³-hybridized carbons (Fsp3) is 0.469. The summed E-state index contributed by atoms with van der Waals surface area (Å²) >= 11 is 0. The van der Waals surface area contributed by atoms with Crippen molar-refractivity contribution in [3.8, 4) is 34.3 Å². The van der Waals surface area contributed by atoms with Gasteiger partial charge >= 0.3 is 0 Å². The van der Waals surface area contributed by atoms with Crippen molar-refractivity contribution in [1.82, 2.24) is 19.9 Å². The molecule has 4 heterocycles. The summed E-state index contributed by atoms with van der Waals surface area (Å²) < 4.78 is 27.6. The molecule has 2 aromatic heterocycles. The van der Waals surface area contributed by atoms with Gasteiger partial charge in [-0.05, 0) is 75.8 Å². The molecule has 0 bridgehead atoms. The Bertz CT molecular complexity index is 1540. The lowest BCUT2D eigenvalue weighted by Crippen LogP contribution is -2.40. The largest absolute Gasteiger partial charge is 0.493 e. The third kappa shape index (κ3) is 5.55. The minimum Gasteiger partial charge on any atom is -0.493 e. The fourth-order valence-electron chi connectivity index (χ4n) is 5.93. The van der Waals surface area contributed by atoms with Gasteiger partial charge in [0.15, 0.2) is 35.7 Å². The maximum Gasteiger partial charge on any atom is 0.231 e. The van der Waals surface area contributed by atoms with Crippen LogP contribution in [0.25, 0.3) is 22.0 Å². The molecule has 9 nitrogen and oxygen atoms in total. The molecule has 41 heavy (non-hydrogen) atoms. The highest BCUT2D eigenvalue weighted by Crippen LogP contribution is 2.41. The smallest absolute Gasteiger partial charge is 0.231 e. The van der Waals surface area contributed by atoms with Crippen LogP contribution in [0.1, 0.15) is 51.8 Å². The van der Waals surface area contributed by atoms with E-state index in [1.54, 1.807) is 7.11 Å². The van der Waals surface area contributed by atoms with Crippen molar-refractivity contribution in [2.75, 3.05) is 20.5 Å². The maximum atomic E-state index is 6.38. The Balaban J connectivity index is 1.13. The van der Waals surface area contributed by atoms with Crippen LogP contribution in [-0.4, -0.2) is 52.5 Å². The van der Waals surface area contributed by atoms with Gasteiger partial charge in [0.1, 0.15) is 0 Å². The lowest BCUT2D eigenvalue weighted by molar-refractivity contribution is -0.686. The Kier molecular flexibility index (Phi) is 7.71. The second kappa shape index (κ2) is 11.6. The molecule has 9 heteroatoms. The molecule has 0 spiro atoms. The number of fused-ring (bicyclic) bond motifs is 5. The van der Waals surface area contributed by atoms with E-state index in [1.165, 1.54) is 16.8 Å². The standard InChI is InChI=1S/C32H40N5O4/c1-21(2)37(22(3)4)18-25-17-36(34-33-25)11-6-7-13-39-32-27-19-35-12-10-24-15-30-31(41-20-40-30)16-26(24)28(35)14-23(27)8-9-29(32)38-5/h8-9,14-17,19,21-22H,6-7,10-13,18,20H2,1-5H3/q+1. The molecule has 0 fully saturated rings. The highest BCUT2D eigenvalue weighted by Gasteiger charge is 2.28. The number of benzene rings is 2. The normalized spacial score (nSPS) is 13.8. The number of aryl methyl sites for hydroxylation is 3. The molecule has 0 atom stereocenters. The number of methoxy groups -OCH3 is 1. The van der Waals surface area contributed by atoms with Gasteiger partial charge in [0.05, 0.1) is 30.4 Å². The summed E-state index contributed by atoms with van der Waals surface area (Å²) in [6, 6.07) is 11.5. The second-order valence-electron chi connectivity index (χ2n) is 11.5. The molecule has 0 amide bonds. The Labute approximate surface area is 241 Å². The van der Waals surface area contributed by atoms with Crippen LogP contribution < -0.4 is 23.5 Å². The first kappa shape index (κ1) is 27.3. The summed E-state index contributed by atoms with van der Waals surface area (Å²) in [7, 11) is 1.69. The van der Waals surface area contributed by atoms with E-state index in [1.807, 2.05) is 10.7 Å². The second-order valence-corrected chi connectivity index (χ2v) is 11.5. The summed E-state index contributed by atoms with van der Waals surface area (Å²) in [5, 5.41) is 10.9. The average molecular weight is 559 g/mol. The highest BCUT2D eigenvalue weighted by atomic mass is 16.7. The van der Waals surface area contributed by atoms with E-state index in [0.29, 0.717) is 18.7 Å². The molecule has 0 radical (unpaired) electrons. The summed E-state index contributed by atoms with van der Waals surface area (Å²) in [6.07, 6.45) is 7.05. The minimum atomic E-state index is 0.283. The number of nitrogens with zero attached hydrogens (tertiary/aromatic N) is 5. The zero-order chi connectivity index (χ0) is 28.5. The Morgan fingerprint density at radius 2 is 1.85 bits per heavy atom. The van der Waals surface area contributed by atoms with Crippen LogP contribution in [0.15, 0.2) is 42.7 Å². The molecule has 2 aromatic carbocycles. The zero-order valence-corrected chi connectivity index (χ0v) is 24.7. The van der Waals surface area contributed by atoms with Gasteiger partial charge in [-0.2, -0.15) is 4.57 Å². The summed E-state index contributed by atoms with van der Waals surface area (Å²) in [5.41, 5.74) is 4.66. The SMILES string of the molecule is COc1ccc2cc3[n+](cc2c1OCCCCn1cc(CN(C(C)C)C(C)C)nn1)CCc1cc2c(cc1-3)OCO2. The van der Waals surface area contributed by atoms with E-state index < -0.39 is 0 Å². The van der Waals surface area contributed by atoms with Gasteiger partial charge in [0.25, 0.3) is 0 Å². The van der Waals surface area contributed by atoms with Crippen molar-refractivity contribution in [2.24, 2.45) is 0 Å². The van der Waals surface area contributed by atoms with E-state index in [9.17, 15) is 0 Å². The first-order chi connectivity index (χ1) is 19.9. The first-order valence-corrected chi connectivity index (χ1v) is 14.7. The third-order valence-electron chi connectivity index (χ3n) is 8.08. The average Bonchev–Trinajstić information content (AvgIpc) is 3.62. The summed E-state index contributed by atoms with van der Waals surface area (Å²) in [4.78, 5) is 2.42. The maximum absolute atomic E-state index is 6.38. The molecule has 4 aromatic rings. The Morgan fingerprint density at radius 1 is 1.05 bits per heavy atom. The van der Waals surface area contributed by atoms with Crippen molar-refractivity contribution >= 4 is 10.8 Å². The van der Waals surface area contributed by atoms with Crippen LogP contribution in [0.2, 0.25) is 0 Å². The predicted octanol–water partition coefficient (Wildman–Crippen LogP) is 5.16. The number of rotatable bonds is 11. The molecule has 0 saturated carbocycles. The topological polar surface area (TPSA) is 74.8 Å². The van der Waals surface area contributed by atoms with Crippen LogP contribution in [0.4, 0.5) is 0 Å². The first-order valence-electron chi connectivity index (χ1n) is 14.7. The van der Waals surface area contributed by atoms with Crippen LogP contribution >= 0.6 is 0 Å². The molecule has 6 rings (SSSR count). The van der Waals surface area contributed by atoms with Crippen LogP contribution in [0.5, 0.6) is 23.0 Å². The van der Waals surface area contributed by atoms with Gasteiger partial charge in [-0.15, -0.1) is 5.10 Å². The molecule has 0 saturated heterocycles. The Hall–Kier alpha value is -3.85. The summed E-state index contributed by atoms with van der Waals surface area (Å²) in [6.45, 7) is 12.3. The van der Waals surface area contributed by atoms with Crippen LogP contribution in [0.3, 0.4) is 0 Å². The third-order valence-corrected chi connectivity index (χ3v) is 8.08. The van der Waals surface area contributed by atoms with Gasteiger partial charge in [0, 0.05) is 43.9 Å². The van der Waals surface area contributed by atoms with E-state index in [-0.39, 0.29) is 6.79 Å². The molecular weight excluding hydrogens is 518 g/mol. The van der Waals surface area contributed by atoms with E-state index >= 15 is 0 Å². The molecule has 0 aliphatic carbocycles. The number of hydrogen-bond acceptors (Lipinski definition) is 7. The molecule has 0 N–H and O–H groups in total. The zero-order valence-electron chi connectivity index (χ0n) is 24.7. The molecule has 216 valence electrons. The van der Waals surface area contributed by atoms with Crippen molar-refractivity contribution in [3.63, 3.8) is 0 Å². The lowest BCUT2D eigenvalue weighted by Gasteiger charge is -2.29. The molecule has 2 aliphatic heterocycles. The van der Waals surface area contributed by atoms with E-state index in [2.05, 4.69) is 84.1 Å². The van der Waals surface area contributed by atoms with Crippen molar-refractivity contribution < 1.29 is 23.5 Å². The Morgan fingerprint density at radius 3 is 2.63 bits per heavy atom. The highest BCUT2D eigenvalue weighted by molar-refractivity contribution is 5.91. The van der Waals surface area contributed by atoms with Crippen molar-refractivity contribution in [2.45, 2.75) is 78.7 Å². The van der Waals surface area contributed by atoms with Crippen molar-refractivity contribution in [1.29, 1.82) is 0 Å². The number of unbranched alkanes of at least 4 members (excludes halogenated alkanes) is 1. The van der Waals surface area contributed by atoms with Crippen molar-refractivity contribution in [3.05, 3.63) is 54.0 Å². The van der Waals surface area contributed by atoms with Gasteiger partial charge in [-0.1, -0.05) is 5.21 Å². The van der Waals surface area contributed by atoms with Crippen LogP contribution in [0, 0.1) is 0 Å². The van der Waals surface area contributed by atoms with E-state index in [0.717, 1.165) is 78.4 Å². The minimum absolute atomic E-state index is 0.283. The molecule has 0 unspecified atom stereocenters. The fourth-order valence-corrected chi connectivity index (χ4v) is 5.93. The van der Waals surface area contributed by atoms with Gasteiger partial charge in [-0.25, -0.2) is 0 Å². The molecule has 2 aliphatic rings. The number of ether oxygens (including phenoxy) is 4. The van der Waals surface area contributed by atoms with Gasteiger partial charge in [-0.3, -0.25) is 9.58 Å². The lowest BCUT2D eigenvalue weighted by atomic mass is 9.95. The van der Waals surface area contributed by atoms with Gasteiger partial charge in [0.2, 0.25) is 12.5 Å². The van der Waals surface area contributed by atoms with Gasteiger partial charge < -0.3 is 18.9 Å². The molecular formula is C32H40N5O4+. The van der Waals surface area contributed by atoms with E-state index in [4.69, 9.17) is 18.9 Å². The quantitative estimate of drug-likeness (QED) is 0.186. The number of pyridine rings is 1. The number of aromatic nitrogens is 4. The van der Waals surface area contributed by atoms with Crippen LogP contribution in [-0.2, 0) is 26.1 Å². The summed E-state index contributed by atoms with van der Waals surface area (Å²) in [5.74, 6) is 3.19.